The lowest BCUT2D eigenvalue weighted by Gasteiger charge is -2.14. The van der Waals surface area contributed by atoms with Crippen molar-refractivity contribution in [1.29, 1.82) is 0 Å². The van der Waals surface area contributed by atoms with Crippen molar-refractivity contribution < 1.29 is 4.74 Å². The lowest BCUT2D eigenvalue weighted by Crippen LogP contribution is -2.20. The van der Waals surface area contributed by atoms with E-state index in [-0.39, 0.29) is 0 Å². The van der Waals surface area contributed by atoms with Crippen molar-refractivity contribution >= 4 is 21.6 Å². The molecule has 0 aliphatic rings. The number of anilines is 1. The van der Waals surface area contributed by atoms with Gasteiger partial charge in [0, 0.05) is 23.3 Å². The van der Waals surface area contributed by atoms with Crippen LogP contribution in [-0.4, -0.2) is 19.8 Å². The molecule has 0 bridgehead atoms. The van der Waals surface area contributed by atoms with Crippen LogP contribution in [0.3, 0.4) is 0 Å². The Kier molecular flexibility index (Phi) is 4.42. The average Bonchev–Trinajstić information content (AvgIpc) is 2.01. The molecule has 1 atom stereocenters. The average molecular weight is 258 g/mol. The molecule has 0 aliphatic heterocycles. The van der Waals surface area contributed by atoms with Crippen LogP contribution in [-0.2, 0) is 4.74 Å². The maximum absolute atomic E-state index is 5.06. The first-order valence-electron chi connectivity index (χ1n) is 4.64. The van der Waals surface area contributed by atoms with Gasteiger partial charge >= 0.3 is 0 Å². The molecule has 0 fully saturated rings. The first-order chi connectivity index (χ1) is 6.61. The first kappa shape index (κ1) is 11.5. The number of rotatable bonds is 4. The van der Waals surface area contributed by atoms with E-state index in [4.69, 9.17) is 4.74 Å². The Bertz CT molecular complexity index is 281. The van der Waals surface area contributed by atoms with Crippen molar-refractivity contribution in [2.24, 2.45) is 0 Å². The Hall–Kier alpha value is -0.540. The van der Waals surface area contributed by atoms with E-state index in [2.05, 4.69) is 53.3 Å². The molecule has 0 radical (unpaired) electrons. The molecule has 1 rings (SSSR count). The Morgan fingerprint density at radius 3 is 2.71 bits per heavy atom. The van der Waals surface area contributed by atoms with E-state index in [9.17, 15) is 0 Å². The van der Waals surface area contributed by atoms with Crippen molar-refractivity contribution in [3.05, 3.63) is 28.2 Å². The minimum Gasteiger partial charge on any atom is -0.383 e. The molecule has 1 unspecified atom stereocenters. The van der Waals surface area contributed by atoms with Crippen LogP contribution in [0.1, 0.15) is 12.5 Å². The van der Waals surface area contributed by atoms with Crippen LogP contribution in [0.2, 0.25) is 0 Å². The third kappa shape index (κ3) is 3.68. The number of hydrogen-bond donors (Lipinski definition) is 1. The van der Waals surface area contributed by atoms with Gasteiger partial charge in [-0.3, -0.25) is 0 Å². The highest BCUT2D eigenvalue weighted by Gasteiger charge is 2.02. The van der Waals surface area contributed by atoms with Crippen LogP contribution in [0.5, 0.6) is 0 Å². The number of aryl methyl sites for hydroxylation is 1. The number of nitrogens with one attached hydrogen (secondary N) is 1. The molecule has 0 saturated heterocycles. The maximum atomic E-state index is 5.06. The fourth-order valence-corrected chi connectivity index (χ4v) is 2.00. The number of benzene rings is 1. The molecule has 14 heavy (non-hydrogen) atoms. The van der Waals surface area contributed by atoms with Gasteiger partial charge in [-0.2, -0.15) is 0 Å². The highest BCUT2D eigenvalue weighted by atomic mass is 79.9. The van der Waals surface area contributed by atoms with Crippen molar-refractivity contribution in [2.45, 2.75) is 19.9 Å². The Morgan fingerprint density at radius 2 is 2.14 bits per heavy atom. The molecule has 0 heterocycles. The predicted octanol–water partition coefficient (Wildman–Crippen LogP) is 3.20. The Balaban J connectivity index is 2.66. The van der Waals surface area contributed by atoms with E-state index in [1.807, 2.05) is 0 Å². The molecule has 0 aromatic heterocycles. The standard InChI is InChI=1S/C11H16BrNO/c1-8-4-10(12)6-11(5-8)13-9(2)7-14-3/h4-6,9,13H,7H2,1-3H3. The number of hydrogen-bond acceptors (Lipinski definition) is 2. The highest BCUT2D eigenvalue weighted by molar-refractivity contribution is 9.10. The van der Waals surface area contributed by atoms with Crippen LogP contribution in [0.25, 0.3) is 0 Å². The molecule has 78 valence electrons. The fraction of sp³-hybridized carbons (Fsp3) is 0.455. The van der Waals surface area contributed by atoms with Gasteiger partial charge in [0.1, 0.15) is 0 Å². The zero-order chi connectivity index (χ0) is 10.6. The van der Waals surface area contributed by atoms with Crippen LogP contribution in [0.15, 0.2) is 22.7 Å². The molecule has 1 N–H and O–H groups in total. The summed E-state index contributed by atoms with van der Waals surface area (Å²) >= 11 is 3.47. The molecule has 1 aromatic rings. The van der Waals surface area contributed by atoms with E-state index in [1.54, 1.807) is 7.11 Å². The van der Waals surface area contributed by atoms with Gasteiger partial charge in [-0.05, 0) is 37.6 Å². The smallest absolute Gasteiger partial charge is 0.0661 e. The normalized spacial score (nSPS) is 12.6. The third-order valence-corrected chi connectivity index (χ3v) is 2.33. The molecule has 3 heteroatoms. The first-order valence-corrected chi connectivity index (χ1v) is 5.44. The minimum absolute atomic E-state index is 0.327. The van der Waals surface area contributed by atoms with Crippen molar-refractivity contribution in [2.75, 3.05) is 19.0 Å². The van der Waals surface area contributed by atoms with E-state index in [1.165, 1.54) is 5.56 Å². The van der Waals surface area contributed by atoms with Gasteiger partial charge in [0.05, 0.1) is 6.61 Å². The Labute approximate surface area is 93.8 Å². The summed E-state index contributed by atoms with van der Waals surface area (Å²) in [6.07, 6.45) is 0. The third-order valence-electron chi connectivity index (χ3n) is 1.87. The zero-order valence-electron chi connectivity index (χ0n) is 8.80. The fourth-order valence-electron chi connectivity index (χ4n) is 1.40. The summed E-state index contributed by atoms with van der Waals surface area (Å²) in [5.74, 6) is 0. The summed E-state index contributed by atoms with van der Waals surface area (Å²) in [5, 5.41) is 3.37. The van der Waals surface area contributed by atoms with Crippen LogP contribution >= 0.6 is 15.9 Å². The summed E-state index contributed by atoms with van der Waals surface area (Å²) in [4.78, 5) is 0. The summed E-state index contributed by atoms with van der Waals surface area (Å²) in [5.41, 5.74) is 2.37. The van der Waals surface area contributed by atoms with Gasteiger partial charge in [-0.1, -0.05) is 15.9 Å². The van der Waals surface area contributed by atoms with Gasteiger partial charge in [0.15, 0.2) is 0 Å². The second-order valence-electron chi connectivity index (χ2n) is 3.52. The van der Waals surface area contributed by atoms with Gasteiger partial charge in [-0.15, -0.1) is 0 Å². The second-order valence-corrected chi connectivity index (χ2v) is 4.43. The van der Waals surface area contributed by atoms with E-state index in [0.717, 1.165) is 10.2 Å². The predicted molar refractivity (Wildman–Crippen MR) is 63.8 cm³/mol. The summed E-state index contributed by atoms with van der Waals surface area (Å²) in [6.45, 7) is 4.89. The zero-order valence-corrected chi connectivity index (χ0v) is 10.4. The molecule has 0 amide bonds. The summed E-state index contributed by atoms with van der Waals surface area (Å²) in [6, 6.07) is 6.61. The number of ether oxygens (including phenoxy) is 1. The van der Waals surface area contributed by atoms with E-state index < -0.39 is 0 Å². The lowest BCUT2D eigenvalue weighted by atomic mass is 10.2. The summed E-state index contributed by atoms with van der Waals surface area (Å²) < 4.78 is 6.16. The molecule has 0 aliphatic carbocycles. The largest absolute Gasteiger partial charge is 0.383 e. The topological polar surface area (TPSA) is 21.3 Å². The Morgan fingerprint density at radius 1 is 1.43 bits per heavy atom. The van der Waals surface area contributed by atoms with Gasteiger partial charge in [-0.25, -0.2) is 0 Å². The lowest BCUT2D eigenvalue weighted by molar-refractivity contribution is 0.190. The monoisotopic (exact) mass is 257 g/mol. The van der Waals surface area contributed by atoms with Crippen LogP contribution < -0.4 is 5.32 Å². The number of methoxy groups -OCH3 is 1. The number of halogens is 1. The van der Waals surface area contributed by atoms with Gasteiger partial charge < -0.3 is 10.1 Å². The van der Waals surface area contributed by atoms with Crippen LogP contribution in [0, 0.1) is 6.92 Å². The minimum atomic E-state index is 0.327. The van der Waals surface area contributed by atoms with Gasteiger partial charge in [0.25, 0.3) is 0 Å². The highest BCUT2D eigenvalue weighted by Crippen LogP contribution is 2.19. The van der Waals surface area contributed by atoms with Gasteiger partial charge in [0.2, 0.25) is 0 Å². The van der Waals surface area contributed by atoms with Crippen LogP contribution in [0.4, 0.5) is 5.69 Å². The molecular formula is C11H16BrNO. The van der Waals surface area contributed by atoms with E-state index >= 15 is 0 Å². The maximum Gasteiger partial charge on any atom is 0.0661 e. The van der Waals surface area contributed by atoms with Crippen molar-refractivity contribution in [3.63, 3.8) is 0 Å². The SMILES string of the molecule is COCC(C)Nc1cc(C)cc(Br)c1. The molecule has 2 nitrogen and oxygen atoms in total. The molecule has 1 aromatic carbocycles. The summed E-state index contributed by atoms with van der Waals surface area (Å²) in [7, 11) is 1.71. The molecule has 0 saturated carbocycles. The quantitative estimate of drug-likeness (QED) is 0.895. The van der Waals surface area contributed by atoms with Crippen molar-refractivity contribution in [3.8, 4) is 0 Å². The van der Waals surface area contributed by atoms with E-state index in [0.29, 0.717) is 12.6 Å². The second kappa shape index (κ2) is 5.37. The van der Waals surface area contributed by atoms with Crippen molar-refractivity contribution in [1.82, 2.24) is 0 Å². The molecule has 0 spiro atoms. The molecular weight excluding hydrogens is 242 g/mol.